The van der Waals surface area contributed by atoms with Crippen LogP contribution in [0.2, 0.25) is 0 Å². The molecular weight excluding hydrogens is 379 g/mol. The molecule has 1 atom stereocenters. The molecule has 28 heavy (non-hydrogen) atoms. The molecule has 1 aromatic carbocycles. The van der Waals surface area contributed by atoms with Gasteiger partial charge in [0, 0.05) is 13.1 Å². The number of ether oxygens (including phenoxy) is 2. The molecule has 0 aromatic heterocycles. The Labute approximate surface area is 161 Å². The van der Waals surface area contributed by atoms with E-state index < -0.39 is 30.7 Å². The van der Waals surface area contributed by atoms with Crippen LogP contribution < -0.4 is 20.1 Å². The topological polar surface area (TPSA) is 79.9 Å². The molecule has 0 aliphatic carbocycles. The smallest absolute Gasteiger partial charge is 0.405 e. The third-order valence-electron chi connectivity index (χ3n) is 4.42. The summed E-state index contributed by atoms with van der Waals surface area (Å²) in [6.07, 6.45) is -3.06. The maximum Gasteiger partial charge on any atom is 0.405 e. The zero-order valence-corrected chi connectivity index (χ0v) is 15.8. The monoisotopic (exact) mass is 403 g/mol. The summed E-state index contributed by atoms with van der Waals surface area (Å²) in [5.74, 6) is 0.386. The van der Waals surface area contributed by atoms with E-state index in [-0.39, 0.29) is 0 Å². The molecule has 1 saturated heterocycles. The van der Waals surface area contributed by atoms with Crippen LogP contribution in [0.15, 0.2) is 18.2 Å². The molecule has 1 heterocycles. The first-order valence-corrected chi connectivity index (χ1v) is 8.85. The number of hydrogen-bond acceptors (Lipinski definition) is 4. The predicted octanol–water partition coefficient (Wildman–Crippen LogP) is 2.10. The number of likely N-dealkylation sites (tertiary alicyclic amines) is 1. The van der Waals surface area contributed by atoms with E-state index in [2.05, 4.69) is 5.32 Å². The number of hydrogen-bond donors (Lipinski definition) is 2. The second-order valence-corrected chi connectivity index (χ2v) is 6.36. The standard InChI is InChI=1S/C18H24F3N3O4/c1-27-14-6-5-12(10-15(14)28-2)7-8-22-17(26)24-9-3-4-13(24)16(25)23-11-18(19,20)21/h5-6,10,13H,3-4,7-9,11H2,1-2H3,(H,22,26)(H,23,25). The number of carbonyl (C=O) groups is 2. The lowest BCUT2D eigenvalue weighted by Gasteiger charge is -2.24. The van der Waals surface area contributed by atoms with Crippen LogP contribution in [-0.4, -0.2) is 62.9 Å². The average molecular weight is 403 g/mol. The van der Waals surface area contributed by atoms with Gasteiger partial charge in [-0.15, -0.1) is 0 Å². The number of benzene rings is 1. The van der Waals surface area contributed by atoms with E-state index in [9.17, 15) is 22.8 Å². The van der Waals surface area contributed by atoms with Crippen molar-refractivity contribution in [1.29, 1.82) is 0 Å². The highest BCUT2D eigenvalue weighted by Crippen LogP contribution is 2.27. The highest BCUT2D eigenvalue weighted by Gasteiger charge is 2.36. The summed E-state index contributed by atoms with van der Waals surface area (Å²) in [6, 6.07) is 4.05. The van der Waals surface area contributed by atoms with Crippen molar-refractivity contribution in [2.45, 2.75) is 31.5 Å². The third-order valence-corrected chi connectivity index (χ3v) is 4.42. The van der Waals surface area contributed by atoms with Crippen molar-refractivity contribution >= 4 is 11.9 Å². The van der Waals surface area contributed by atoms with Crippen molar-refractivity contribution in [2.24, 2.45) is 0 Å². The molecule has 1 aliphatic heterocycles. The Morgan fingerprint density at radius 3 is 2.54 bits per heavy atom. The third kappa shape index (κ3) is 5.93. The first kappa shape index (κ1) is 21.6. The Hall–Kier alpha value is -2.65. The van der Waals surface area contributed by atoms with Crippen LogP contribution in [0.4, 0.5) is 18.0 Å². The molecule has 10 heteroatoms. The fourth-order valence-electron chi connectivity index (χ4n) is 3.04. The Balaban J connectivity index is 1.85. The highest BCUT2D eigenvalue weighted by atomic mass is 19.4. The van der Waals surface area contributed by atoms with Crippen molar-refractivity contribution in [3.8, 4) is 11.5 Å². The first-order valence-electron chi connectivity index (χ1n) is 8.85. The number of rotatable bonds is 7. The van der Waals surface area contributed by atoms with Crippen molar-refractivity contribution in [1.82, 2.24) is 15.5 Å². The molecule has 2 N–H and O–H groups in total. The molecule has 1 aliphatic rings. The zero-order chi connectivity index (χ0) is 20.7. The lowest BCUT2D eigenvalue weighted by molar-refractivity contribution is -0.140. The van der Waals surface area contributed by atoms with Gasteiger partial charge in [-0.2, -0.15) is 13.2 Å². The molecule has 156 valence electrons. The number of urea groups is 1. The lowest BCUT2D eigenvalue weighted by Crippen LogP contribution is -2.51. The number of halogens is 3. The van der Waals surface area contributed by atoms with E-state index in [4.69, 9.17) is 9.47 Å². The van der Waals surface area contributed by atoms with Gasteiger partial charge in [-0.1, -0.05) is 6.07 Å². The van der Waals surface area contributed by atoms with Crippen LogP contribution in [0, 0.1) is 0 Å². The Morgan fingerprint density at radius 2 is 1.89 bits per heavy atom. The largest absolute Gasteiger partial charge is 0.493 e. The van der Waals surface area contributed by atoms with Crippen LogP contribution in [0.25, 0.3) is 0 Å². The van der Waals surface area contributed by atoms with Gasteiger partial charge in [-0.3, -0.25) is 4.79 Å². The summed E-state index contributed by atoms with van der Waals surface area (Å²) in [6.45, 7) is -0.773. The van der Waals surface area contributed by atoms with Gasteiger partial charge in [0.25, 0.3) is 0 Å². The van der Waals surface area contributed by atoms with Crippen LogP contribution in [0.3, 0.4) is 0 Å². The van der Waals surface area contributed by atoms with E-state index in [1.165, 1.54) is 19.1 Å². The van der Waals surface area contributed by atoms with Gasteiger partial charge in [-0.05, 0) is 37.0 Å². The summed E-state index contributed by atoms with van der Waals surface area (Å²) in [5, 5.41) is 4.55. The van der Waals surface area contributed by atoms with Gasteiger partial charge in [-0.25, -0.2) is 4.79 Å². The average Bonchev–Trinajstić information content (AvgIpc) is 3.15. The molecular formula is C18H24F3N3O4. The van der Waals surface area contributed by atoms with E-state index in [1.807, 2.05) is 11.4 Å². The Morgan fingerprint density at radius 1 is 1.18 bits per heavy atom. The molecule has 0 saturated carbocycles. The van der Waals surface area contributed by atoms with E-state index >= 15 is 0 Å². The van der Waals surface area contributed by atoms with Crippen LogP contribution >= 0.6 is 0 Å². The van der Waals surface area contributed by atoms with Gasteiger partial charge < -0.3 is 25.0 Å². The Kier molecular flexibility index (Phi) is 7.36. The first-order chi connectivity index (χ1) is 13.2. The molecule has 0 bridgehead atoms. The molecule has 1 fully saturated rings. The Bertz CT molecular complexity index is 697. The van der Waals surface area contributed by atoms with E-state index in [1.54, 1.807) is 12.1 Å². The summed E-state index contributed by atoms with van der Waals surface area (Å²) >= 11 is 0. The van der Waals surface area contributed by atoms with Gasteiger partial charge in [0.2, 0.25) is 5.91 Å². The summed E-state index contributed by atoms with van der Waals surface area (Å²) in [4.78, 5) is 25.6. The minimum absolute atomic E-state index is 0.307. The van der Waals surface area contributed by atoms with E-state index in [0.29, 0.717) is 43.9 Å². The van der Waals surface area contributed by atoms with Crippen LogP contribution in [-0.2, 0) is 11.2 Å². The number of carbonyl (C=O) groups excluding carboxylic acids is 2. The molecule has 0 radical (unpaired) electrons. The molecule has 2 rings (SSSR count). The number of alkyl halides is 3. The minimum atomic E-state index is -4.49. The highest BCUT2D eigenvalue weighted by molar-refractivity contribution is 5.87. The van der Waals surface area contributed by atoms with E-state index in [0.717, 1.165) is 5.56 Å². The second-order valence-electron chi connectivity index (χ2n) is 6.36. The lowest BCUT2D eigenvalue weighted by atomic mass is 10.1. The maximum absolute atomic E-state index is 12.3. The van der Waals surface area contributed by atoms with Crippen molar-refractivity contribution < 1.29 is 32.2 Å². The fraction of sp³-hybridized carbons (Fsp3) is 0.556. The number of amides is 3. The van der Waals surface area contributed by atoms with Crippen molar-refractivity contribution in [3.63, 3.8) is 0 Å². The molecule has 3 amide bonds. The normalized spacial score (nSPS) is 16.6. The van der Waals surface area contributed by atoms with Crippen molar-refractivity contribution in [2.75, 3.05) is 33.9 Å². The number of nitrogens with one attached hydrogen (secondary N) is 2. The zero-order valence-electron chi connectivity index (χ0n) is 15.8. The predicted molar refractivity (Wildman–Crippen MR) is 95.4 cm³/mol. The molecule has 1 aromatic rings. The maximum atomic E-state index is 12.3. The molecule has 7 nitrogen and oxygen atoms in total. The fourth-order valence-corrected chi connectivity index (χ4v) is 3.04. The van der Waals surface area contributed by atoms with Gasteiger partial charge in [0.1, 0.15) is 12.6 Å². The number of nitrogens with zero attached hydrogens (tertiary/aromatic N) is 1. The van der Waals surface area contributed by atoms with Crippen LogP contribution in [0.1, 0.15) is 18.4 Å². The van der Waals surface area contributed by atoms with Gasteiger partial charge in [0.15, 0.2) is 11.5 Å². The number of methoxy groups -OCH3 is 2. The summed E-state index contributed by atoms with van der Waals surface area (Å²) < 4.78 is 47.2. The van der Waals surface area contributed by atoms with Crippen LogP contribution in [0.5, 0.6) is 11.5 Å². The van der Waals surface area contributed by atoms with Gasteiger partial charge >= 0.3 is 12.2 Å². The van der Waals surface area contributed by atoms with Crippen molar-refractivity contribution in [3.05, 3.63) is 23.8 Å². The molecule has 0 spiro atoms. The van der Waals surface area contributed by atoms with Gasteiger partial charge in [0.05, 0.1) is 14.2 Å². The second kappa shape index (κ2) is 9.52. The minimum Gasteiger partial charge on any atom is -0.493 e. The summed E-state index contributed by atoms with van der Waals surface area (Å²) in [7, 11) is 3.07. The molecule has 1 unspecified atom stereocenters. The quantitative estimate of drug-likeness (QED) is 0.731. The summed E-state index contributed by atoms with van der Waals surface area (Å²) in [5.41, 5.74) is 0.916. The SMILES string of the molecule is COc1ccc(CCNC(=O)N2CCCC2C(=O)NCC(F)(F)F)cc1OC.